The lowest BCUT2D eigenvalue weighted by molar-refractivity contribution is 1.09. The number of aromatic nitrogens is 5. The number of nitrogens with two attached hydrogens (primary N) is 1. The SMILES string of the molecule is Nc1ncc(-c2cn[nH]c2)cc1-c1cc(-c2ccccc2)n[nH]1. The molecule has 0 bridgehead atoms. The Morgan fingerprint density at radius 1 is 0.913 bits per heavy atom. The molecule has 4 N–H and O–H groups in total. The summed E-state index contributed by atoms with van der Waals surface area (Å²) in [5.41, 5.74) is 11.5. The number of hydrogen-bond acceptors (Lipinski definition) is 4. The van der Waals surface area contributed by atoms with Gasteiger partial charge in [-0.2, -0.15) is 10.2 Å². The lowest BCUT2D eigenvalue weighted by Gasteiger charge is -2.04. The van der Waals surface area contributed by atoms with Crippen molar-refractivity contribution in [1.29, 1.82) is 0 Å². The monoisotopic (exact) mass is 302 g/mol. The normalized spacial score (nSPS) is 10.8. The quantitative estimate of drug-likeness (QED) is 0.541. The molecule has 6 nitrogen and oxygen atoms in total. The first-order valence-electron chi connectivity index (χ1n) is 7.17. The van der Waals surface area contributed by atoms with Gasteiger partial charge in [0, 0.05) is 34.6 Å². The number of H-pyrrole nitrogens is 2. The molecule has 3 heterocycles. The maximum Gasteiger partial charge on any atom is 0.132 e. The Balaban J connectivity index is 1.76. The molecule has 0 fully saturated rings. The van der Waals surface area contributed by atoms with Crippen molar-refractivity contribution in [2.45, 2.75) is 0 Å². The van der Waals surface area contributed by atoms with Gasteiger partial charge in [-0.15, -0.1) is 0 Å². The molecule has 0 unspecified atom stereocenters. The summed E-state index contributed by atoms with van der Waals surface area (Å²) in [6.45, 7) is 0. The average Bonchev–Trinajstić information content (AvgIpc) is 3.28. The number of nitrogens with one attached hydrogen (secondary N) is 2. The third-order valence-electron chi connectivity index (χ3n) is 3.69. The molecule has 0 saturated heterocycles. The minimum absolute atomic E-state index is 0.459. The van der Waals surface area contributed by atoms with Gasteiger partial charge in [-0.1, -0.05) is 30.3 Å². The summed E-state index contributed by atoms with van der Waals surface area (Å²) in [5.74, 6) is 0.459. The van der Waals surface area contributed by atoms with Crippen LogP contribution >= 0.6 is 0 Å². The maximum atomic E-state index is 6.04. The largest absolute Gasteiger partial charge is 0.383 e. The second-order valence-corrected chi connectivity index (χ2v) is 5.18. The van der Waals surface area contributed by atoms with E-state index in [0.29, 0.717) is 5.82 Å². The van der Waals surface area contributed by atoms with Crippen LogP contribution in [0.25, 0.3) is 33.6 Å². The Labute approximate surface area is 132 Å². The summed E-state index contributed by atoms with van der Waals surface area (Å²) in [6.07, 6.45) is 5.30. The minimum atomic E-state index is 0.459. The van der Waals surface area contributed by atoms with E-state index in [1.807, 2.05) is 48.7 Å². The fraction of sp³-hybridized carbons (Fsp3) is 0. The van der Waals surface area contributed by atoms with Crippen LogP contribution in [0.2, 0.25) is 0 Å². The van der Waals surface area contributed by atoms with E-state index in [1.54, 1.807) is 12.4 Å². The summed E-state index contributed by atoms with van der Waals surface area (Å²) in [7, 11) is 0. The van der Waals surface area contributed by atoms with Gasteiger partial charge in [-0.25, -0.2) is 4.98 Å². The van der Waals surface area contributed by atoms with Crippen LogP contribution < -0.4 is 5.73 Å². The highest BCUT2D eigenvalue weighted by molar-refractivity contribution is 5.79. The predicted molar refractivity (Wildman–Crippen MR) is 89.2 cm³/mol. The van der Waals surface area contributed by atoms with Crippen molar-refractivity contribution in [3.05, 3.63) is 61.1 Å². The second-order valence-electron chi connectivity index (χ2n) is 5.18. The molecule has 0 aliphatic heterocycles. The van der Waals surface area contributed by atoms with E-state index in [-0.39, 0.29) is 0 Å². The van der Waals surface area contributed by atoms with Crippen molar-refractivity contribution < 1.29 is 0 Å². The van der Waals surface area contributed by atoms with Gasteiger partial charge in [0.2, 0.25) is 0 Å². The molecule has 0 saturated carbocycles. The van der Waals surface area contributed by atoms with Crippen LogP contribution in [-0.4, -0.2) is 25.4 Å². The van der Waals surface area contributed by atoms with Crippen LogP contribution in [0.5, 0.6) is 0 Å². The molecule has 0 aliphatic rings. The Hall–Kier alpha value is -3.41. The van der Waals surface area contributed by atoms with Crippen molar-refractivity contribution in [3.8, 4) is 33.6 Å². The number of rotatable bonds is 3. The number of nitrogen functional groups attached to an aromatic ring is 1. The van der Waals surface area contributed by atoms with Gasteiger partial charge in [-0.3, -0.25) is 10.2 Å². The zero-order chi connectivity index (χ0) is 15.6. The molecule has 4 rings (SSSR count). The van der Waals surface area contributed by atoms with Crippen molar-refractivity contribution in [3.63, 3.8) is 0 Å². The number of aromatic amines is 2. The summed E-state index contributed by atoms with van der Waals surface area (Å²) in [4.78, 5) is 4.28. The van der Waals surface area contributed by atoms with Crippen LogP contribution in [0, 0.1) is 0 Å². The van der Waals surface area contributed by atoms with Crippen molar-refractivity contribution in [2.24, 2.45) is 0 Å². The van der Waals surface area contributed by atoms with Crippen LogP contribution in [-0.2, 0) is 0 Å². The predicted octanol–water partition coefficient (Wildman–Crippen LogP) is 3.11. The van der Waals surface area contributed by atoms with Crippen LogP contribution in [0.15, 0.2) is 61.1 Å². The van der Waals surface area contributed by atoms with E-state index in [0.717, 1.165) is 33.6 Å². The van der Waals surface area contributed by atoms with E-state index < -0.39 is 0 Å². The van der Waals surface area contributed by atoms with Gasteiger partial charge in [0.25, 0.3) is 0 Å². The van der Waals surface area contributed by atoms with Crippen LogP contribution in [0.3, 0.4) is 0 Å². The molecule has 0 spiro atoms. The van der Waals surface area contributed by atoms with E-state index in [4.69, 9.17) is 5.73 Å². The van der Waals surface area contributed by atoms with Crippen LogP contribution in [0.1, 0.15) is 0 Å². The van der Waals surface area contributed by atoms with Crippen molar-refractivity contribution in [1.82, 2.24) is 25.4 Å². The highest BCUT2D eigenvalue weighted by Gasteiger charge is 2.11. The topological polar surface area (TPSA) is 96.3 Å². The first-order valence-corrected chi connectivity index (χ1v) is 7.17. The zero-order valence-corrected chi connectivity index (χ0v) is 12.2. The zero-order valence-electron chi connectivity index (χ0n) is 12.2. The van der Waals surface area contributed by atoms with Crippen molar-refractivity contribution in [2.75, 3.05) is 5.73 Å². The van der Waals surface area contributed by atoms with Gasteiger partial charge in [0.05, 0.1) is 17.6 Å². The Morgan fingerprint density at radius 3 is 2.57 bits per heavy atom. The Bertz CT molecular complexity index is 925. The third kappa shape index (κ3) is 2.46. The molecule has 1 aromatic carbocycles. The maximum absolute atomic E-state index is 6.04. The standard InChI is InChI=1S/C17H14N6/c18-17-14(6-12(8-19-17)13-9-20-21-10-13)16-7-15(22-23-16)11-4-2-1-3-5-11/h1-10H,(H2,18,19)(H,20,21)(H,22,23). The molecule has 0 aliphatic carbocycles. The lowest BCUT2D eigenvalue weighted by atomic mass is 10.1. The highest BCUT2D eigenvalue weighted by atomic mass is 15.1. The smallest absolute Gasteiger partial charge is 0.132 e. The first kappa shape index (κ1) is 13.3. The fourth-order valence-corrected chi connectivity index (χ4v) is 2.47. The molecular formula is C17H14N6. The van der Waals surface area contributed by atoms with Gasteiger partial charge in [0.15, 0.2) is 0 Å². The molecule has 23 heavy (non-hydrogen) atoms. The van der Waals surface area contributed by atoms with Gasteiger partial charge >= 0.3 is 0 Å². The summed E-state index contributed by atoms with van der Waals surface area (Å²) in [6, 6.07) is 13.9. The first-order chi connectivity index (χ1) is 11.3. The average molecular weight is 302 g/mol. The molecule has 4 aromatic rings. The van der Waals surface area contributed by atoms with E-state index in [1.165, 1.54) is 0 Å². The van der Waals surface area contributed by atoms with Crippen LogP contribution in [0.4, 0.5) is 5.82 Å². The van der Waals surface area contributed by atoms with Gasteiger partial charge < -0.3 is 5.73 Å². The number of benzene rings is 1. The molecule has 0 radical (unpaired) electrons. The van der Waals surface area contributed by atoms with E-state index in [2.05, 4.69) is 25.4 Å². The molecule has 0 atom stereocenters. The number of nitrogens with zero attached hydrogens (tertiary/aromatic N) is 3. The van der Waals surface area contributed by atoms with E-state index in [9.17, 15) is 0 Å². The number of hydrogen-bond donors (Lipinski definition) is 3. The summed E-state index contributed by atoms with van der Waals surface area (Å²) in [5, 5.41) is 14.2. The molecule has 6 heteroatoms. The van der Waals surface area contributed by atoms with Crippen molar-refractivity contribution >= 4 is 5.82 Å². The molecule has 3 aromatic heterocycles. The lowest BCUT2D eigenvalue weighted by Crippen LogP contribution is -1.95. The number of anilines is 1. The minimum Gasteiger partial charge on any atom is -0.383 e. The van der Waals surface area contributed by atoms with Gasteiger partial charge in [0.1, 0.15) is 5.82 Å². The number of pyridine rings is 1. The second kappa shape index (κ2) is 5.42. The molecule has 0 amide bonds. The fourth-order valence-electron chi connectivity index (χ4n) is 2.47. The highest BCUT2D eigenvalue weighted by Crippen LogP contribution is 2.30. The summed E-state index contributed by atoms with van der Waals surface area (Å²) < 4.78 is 0. The van der Waals surface area contributed by atoms with Gasteiger partial charge in [-0.05, 0) is 12.1 Å². The molecule has 112 valence electrons. The Morgan fingerprint density at radius 2 is 1.78 bits per heavy atom. The Kier molecular flexibility index (Phi) is 3.12. The molecular weight excluding hydrogens is 288 g/mol. The summed E-state index contributed by atoms with van der Waals surface area (Å²) >= 11 is 0. The third-order valence-corrected chi connectivity index (χ3v) is 3.69. The van der Waals surface area contributed by atoms with E-state index >= 15 is 0 Å².